The molecule has 0 spiro atoms. The molecule has 0 radical (unpaired) electrons. The summed E-state index contributed by atoms with van der Waals surface area (Å²) < 4.78 is 25.3. The van der Waals surface area contributed by atoms with Crippen LogP contribution in [-0.4, -0.2) is 32.4 Å². The fourth-order valence-corrected chi connectivity index (χ4v) is 6.51. The Morgan fingerprint density at radius 2 is 1.43 bits per heavy atom. The molecule has 0 saturated carbocycles. The highest BCUT2D eigenvalue weighted by molar-refractivity contribution is 9.11. The lowest BCUT2D eigenvalue weighted by molar-refractivity contribution is -0.136. The third kappa shape index (κ3) is 6.93. The van der Waals surface area contributed by atoms with E-state index in [-0.39, 0.29) is 18.3 Å². The Morgan fingerprint density at radius 3 is 2.00 bits per heavy atom. The number of carboxylic acid groups (broad SMARTS) is 1. The van der Waals surface area contributed by atoms with Crippen LogP contribution in [-0.2, 0) is 11.2 Å². The summed E-state index contributed by atoms with van der Waals surface area (Å²) in [4.78, 5) is 11.3. The number of methoxy groups -OCH3 is 3. The SMILES string of the molecule is COc1ccc(C(c2cccc(C)c2)c2cc(OC)c(C(C)C)cc2Oc2c(Br)cc(CC(=O)O)cc2Br)c(OC)c1. The van der Waals surface area contributed by atoms with E-state index in [1.165, 1.54) is 0 Å². The molecule has 0 amide bonds. The Morgan fingerprint density at radius 1 is 0.786 bits per heavy atom. The molecule has 0 aliphatic rings. The standard InChI is InChI=1S/C34H34Br2O6/c1-19(2)25-17-31(42-34-27(35)13-21(14-28(34)36)15-32(37)38)26(18-30(25)41-6)33(22-9-7-8-20(3)12-22)24-11-10-23(39-4)16-29(24)40-5/h7-14,16-19,33H,15H2,1-6H3,(H,37,38). The first kappa shape index (κ1) is 31.4. The molecular weight excluding hydrogens is 664 g/mol. The van der Waals surface area contributed by atoms with Gasteiger partial charge in [0.25, 0.3) is 0 Å². The van der Waals surface area contributed by atoms with Crippen LogP contribution in [0.25, 0.3) is 0 Å². The van der Waals surface area contributed by atoms with Gasteiger partial charge in [0.05, 0.1) is 36.7 Å². The number of aryl methyl sites for hydroxylation is 1. The number of hydrogen-bond donors (Lipinski definition) is 1. The van der Waals surface area contributed by atoms with E-state index >= 15 is 0 Å². The minimum atomic E-state index is -0.907. The van der Waals surface area contributed by atoms with Crippen molar-refractivity contribution >= 4 is 37.8 Å². The summed E-state index contributed by atoms with van der Waals surface area (Å²) >= 11 is 7.23. The van der Waals surface area contributed by atoms with E-state index < -0.39 is 5.97 Å². The van der Waals surface area contributed by atoms with E-state index in [4.69, 9.17) is 18.9 Å². The molecule has 4 aromatic carbocycles. The van der Waals surface area contributed by atoms with Crippen molar-refractivity contribution in [2.45, 2.75) is 39.0 Å². The molecule has 0 fully saturated rings. The van der Waals surface area contributed by atoms with Gasteiger partial charge in [-0.25, -0.2) is 0 Å². The zero-order valence-corrected chi connectivity index (χ0v) is 27.6. The molecule has 6 nitrogen and oxygen atoms in total. The number of benzene rings is 4. The summed E-state index contributed by atoms with van der Waals surface area (Å²) in [6.45, 7) is 6.29. The minimum absolute atomic E-state index is 0.102. The topological polar surface area (TPSA) is 74.2 Å². The molecule has 0 bridgehead atoms. The number of halogens is 2. The van der Waals surface area contributed by atoms with Crippen molar-refractivity contribution in [1.82, 2.24) is 0 Å². The summed E-state index contributed by atoms with van der Waals surface area (Å²) in [7, 11) is 4.96. The number of rotatable bonds is 11. The predicted octanol–water partition coefficient (Wildman–Crippen LogP) is 9.27. The first-order valence-electron chi connectivity index (χ1n) is 13.4. The average Bonchev–Trinajstić information content (AvgIpc) is 2.95. The van der Waals surface area contributed by atoms with Crippen LogP contribution in [0.1, 0.15) is 59.1 Å². The second-order valence-corrected chi connectivity index (χ2v) is 12.0. The maximum atomic E-state index is 11.3. The number of ether oxygens (including phenoxy) is 4. The summed E-state index contributed by atoms with van der Waals surface area (Å²) in [5.74, 6) is 2.26. The van der Waals surface area contributed by atoms with Crippen LogP contribution in [0.4, 0.5) is 0 Å². The molecule has 0 heterocycles. The third-order valence-electron chi connectivity index (χ3n) is 7.05. The Hall–Kier alpha value is -3.49. The maximum absolute atomic E-state index is 11.3. The Balaban J connectivity index is 2.01. The molecule has 42 heavy (non-hydrogen) atoms. The van der Waals surface area contributed by atoms with Gasteiger partial charge in [-0.1, -0.05) is 49.7 Å². The van der Waals surface area contributed by atoms with Crippen molar-refractivity contribution in [3.05, 3.63) is 109 Å². The summed E-state index contributed by atoms with van der Waals surface area (Å²) in [5.41, 5.74) is 5.62. The molecule has 4 aromatic rings. The highest BCUT2D eigenvalue weighted by atomic mass is 79.9. The number of aliphatic carboxylic acids is 1. The van der Waals surface area contributed by atoms with Gasteiger partial charge in [0, 0.05) is 28.7 Å². The predicted molar refractivity (Wildman–Crippen MR) is 172 cm³/mol. The van der Waals surface area contributed by atoms with Crippen LogP contribution >= 0.6 is 31.9 Å². The van der Waals surface area contributed by atoms with Crippen molar-refractivity contribution in [3.63, 3.8) is 0 Å². The van der Waals surface area contributed by atoms with Crippen molar-refractivity contribution in [1.29, 1.82) is 0 Å². The average molecular weight is 698 g/mol. The lowest BCUT2D eigenvalue weighted by Gasteiger charge is -2.26. The van der Waals surface area contributed by atoms with Crippen LogP contribution < -0.4 is 18.9 Å². The highest BCUT2D eigenvalue weighted by Crippen LogP contribution is 2.48. The molecule has 1 atom stereocenters. The molecule has 0 aliphatic heterocycles. The molecular formula is C34H34Br2O6. The van der Waals surface area contributed by atoms with Crippen molar-refractivity contribution in [2.24, 2.45) is 0 Å². The molecule has 1 unspecified atom stereocenters. The summed E-state index contributed by atoms with van der Waals surface area (Å²) in [6.07, 6.45) is -0.102. The first-order chi connectivity index (χ1) is 20.1. The van der Waals surface area contributed by atoms with E-state index in [2.05, 4.69) is 70.8 Å². The smallest absolute Gasteiger partial charge is 0.307 e. The second-order valence-electron chi connectivity index (χ2n) is 10.3. The largest absolute Gasteiger partial charge is 0.497 e. The molecule has 0 aliphatic carbocycles. The van der Waals surface area contributed by atoms with Crippen LogP contribution in [0.5, 0.6) is 28.7 Å². The van der Waals surface area contributed by atoms with E-state index in [9.17, 15) is 9.90 Å². The van der Waals surface area contributed by atoms with Gasteiger partial charge in [-0.15, -0.1) is 0 Å². The summed E-state index contributed by atoms with van der Waals surface area (Å²) in [5, 5.41) is 9.30. The number of hydrogen-bond acceptors (Lipinski definition) is 5. The van der Waals surface area contributed by atoms with E-state index in [0.717, 1.165) is 33.6 Å². The molecule has 4 rings (SSSR count). The van der Waals surface area contributed by atoms with Gasteiger partial charge in [0.2, 0.25) is 0 Å². The second kappa shape index (κ2) is 13.7. The van der Waals surface area contributed by atoms with Gasteiger partial charge < -0.3 is 24.1 Å². The molecule has 220 valence electrons. The van der Waals surface area contributed by atoms with Gasteiger partial charge >= 0.3 is 5.97 Å². The third-order valence-corrected chi connectivity index (χ3v) is 8.23. The van der Waals surface area contributed by atoms with Gasteiger partial charge in [-0.3, -0.25) is 4.79 Å². The fourth-order valence-electron chi connectivity index (χ4n) is 5.06. The lowest BCUT2D eigenvalue weighted by atomic mass is 9.82. The molecule has 0 saturated heterocycles. The van der Waals surface area contributed by atoms with Crippen molar-refractivity contribution < 1.29 is 28.8 Å². The molecule has 1 N–H and O–H groups in total. The lowest BCUT2D eigenvalue weighted by Crippen LogP contribution is -2.09. The van der Waals surface area contributed by atoms with E-state index in [1.54, 1.807) is 33.5 Å². The normalized spacial score (nSPS) is 11.7. The van der Waals surface area contributed by atoms with Crippen LogP contribution in [0.15, 0.2) is 75.7 Å². The van der Waals surface area contributed by atoms with Crippen molar-refractivity contribution in [2.75, 3.05) is 21.3 Å². The zero-order valence-electron chi connectivity index (χ0n) is 24.5. The number of carbonyl (C=O) groups is 1. The van der Waals surface area contributed by atoms with Gasteiger partial charge in [-0.2, -0.15) is 0 Å². The maximum Gasteiger partial charge on any atom is 0.307 e. The van der Waals surface area contributed by atoms with E-state index in [0.29, 0.717) is 37.5 Å². The van der Waals surface area contributed by atoms with Crippen molar-refractivity contribution in [3.8, 4) is 28.7 Å². The van der Waals surface area contributed by atoms with Crippen LogP contribution in [0.3, 0.4) is 0 Å². The Bertz CT molecular complexity index is 1570. The van der Waals surface area contributed by atoms with Crippen LogP contribution in [0, 0.1) is 6.92 Å². The highest BCUT2D eigenvalue weighted by Gasteiger charge is 2.28. The number of carboxylic acids is 1. The van der Waals surface area contributed by atoms with E-state index in [1.807, 2.05) is 36.4 Å². The van der Waals surface area contributed by atoms with Crippen LogP contribution in [0.2, 0.25) is 0 Å². The molecule has 8 heteroatoms. The van der Waals surface area contributed by atoms with Gasteiger partial charge in [-0.05, 0) is 86.2 Å². The first-order valence-corrected chi connectivity index (χ1v) is 15.0. The fraction of sp³-hybridized carbons (Fsp3) is 0.265. The summed E-state index contributed by atoms with van der Waals surface area (Å²) in [6, 6.07) is 21.8. The minimum Gasteiger partial charge on any atom is -0.497 e. The zero-order chi connectivity index (χ0) is 30.6. The van der Waals surface area contributed by atoms with Gasteiger partial charge in [0.1, 0.15) is 23.0 Å². The molecule has 0 aromatic heterocycles. The quantitative estimate of drug-likeness (QED) is 0.158. The van der Waals surface area contributed by atoms with Gasteiger partial charge in [0.15, 0.2) is 5.75 Å². The monoisotopic (exact) mass is 696 g/mol. The Kier molecular flexibility index (Phi) is 10.2. The Labute approximate surface area is 263 Å².